The van der Waals surface area contributed by atoms with Gasteiger partial charge in [-0.1, -0.05) is 24.3 Å². The average molecular weight is 610 g/mol. The highest BCUT2D eigenvalue weighted by Gasteiger charge is 2.55. The topological polar surface area (TPSA) is 134 Å². The van der Waals surface area contributed by atoms with Gasteiger partial charge in [0.15, 0.2) is 5.65 Å². The quantitative estimate of drug-likeness (QED) is 0.320. The first kappa shape index (κ1) is 23.6. The number of carbonyl (C=O) groups is 1. The Morgan fingerprint density at radius 2 is 1.86 bits per heavy atom. The van der Waals surface area contributed by atoms with Gasteiger partial charge in [0.05, 0.1) is 45.8 Å². The molecule has 44 heavy (non-hydrogen) atoms. The molecule has 0 unspecified atom stereocenters. The number of amides is 1. The number of nitrogens with zero attached hydrogens (tertiary/aromatic N) is 7. The summed E-state index contributed by atoms with van der Waals surface area (Å²) in [6, 6.07) is 13.1. The maximum absolute atomic E-state index is 14.7. The van der Waals surface area contributed by atoms with Gasteiger partial charge in [-0.15, -0.1) is 0 Å². The van der Waals surface area contributed by atoms with Gasteiger partial charge in [-0.05, 0) is 49.1 Å². The molecule has 0 radical (unpaired) electrons. The number of aryl methyl sites for hydroxylation is 2. The Labute approximate surface area is 257 Å². The molecule has 2 aromatic carbocycles. The molecule has 5 heterocycles. The van der Waals surface area contributed by atoms with Crippen molar-refractivity contribution in [3.63, 3.8) is 0 Å². The third kappa shape index (κ3) is 3.49. The third-order valence-corrected chi connectivity index (χ3v) is 10.8. The molecule has 1 saturated carbocycles. The second-order valence-electron chi connectivity index (χ2n) is 11.7. The van der Waals surface area contributed by atoms with E-state index in [2.05, 4.69) is 10.2 Å². The van der Waals surface area contributed by atoms with E-state index in [-0.39, 0.29) is 22.5 Å². The Morgan fingerprint density at radius 1 is 1.05 bits per heavy atom. The molecule has 1 aliphatic carbocycles. The molecular weight excluding hydrogens is 576 g/mol. The number of carbonyl (C=O) groups excluding carboxylic acids is 1. The molecule has 8 rings (SSSR count). The summed E-state index contributed by atoms with van der Waals surface area (Å²) in [4.78, 5) is 20.6. The number of rotatable bonds is 4. The highest BCUT2D eigenvalue weighted by atomic mass is 32.2. The molecule has 222 valence electrons. The normalized spacial score (nSPS) is 21.3. The summed E-state index contributed by atoms with van der Waals surface area (Å²) in [5.74, 6) is -0.100. The van der Waals surface area contributed by atoms with Crippen molar-refractivity contribution in [3.8, 4) is 22.4 Å². The summed E-state index contributed by atoms with van der Waals surface area (Å²) in [5, 5.41) is 9.60. The zero-order chi connectivity index (χ0) is 33.0. The van der Waals surface area contributed by atoms with E-state index >= 15 is 0 Å². The second kappa shape index (κ2) is 9.10. The lowest BCUT2D eigenvalue weighted by Gasteiger charge is -2.23. The van der Waals surface area contributed by atoms with Gasteiger partial charge in [0.2, 0.25) is 5.91 Å². The van der Waals surface area contributed by atoms with Crippen LogP contribution < -0.4 is 10.6 Å². The molecule has 2 aliphatic rings. The Hall–Kier alpha value is -4.81. The van der Waals surface area contributed by atoms with Crippen molar-refractivity contribution in [2.75, 3.05) is 11.9 Å². The van der Waals surface area contributed by atoms with Gasteiger partial charge in [0.1, 0.15) is 0 Å². The van der Waals surface area contributed by atoms with Gasteiger partial charge in [-0.3, -0.25) is 14.2 Å². The fourth-order valence-corrected chi connectivity index (χ4v) is 8.71. The van der Waals surface area contributed by atoms with Gasteiger partial charge in [-0.25, -0.2) is 17.4 Å². The number of nitrogens with two attached hydrogens (primary N) is 1. The summed E-state index contributed by atoms with van der Waals surface area (Å²) in [7, 11) is -0.811. The largest absolute Gasteiger partial charge is 0.328 e. The zero-order valence-electron chi connectivity index (χ0n) is 27.0. The Balaban J connectivity index is 1.57. The predicted molar refractivity (Wildman–Crippen MR) is 168 cm³/mol. The molecule has 1 amide bonds. The highest BCUT2D eigenvalue weighted by molar-refractivity contribution is 7.90. The monoisotopic (exact) mass is 609 g/mol. The van der Waals surface area contributed by atoms with Crippen LogP contribution in [0.15, 0.2) is 78.2 Å². The molecular formula is C32H30N8O3S. The maximum atomic E-state index is 14.7. The molecule has 0 bridgehead atoms. The van der Waals surface area contributed by atoms with Gasteiger partial charge in [0, 0.05) is 64.9 Å². The van der Waals surface area contributed by atoms with Crippen LogP contribution in [0, 0.1) is 0 Å². The van der Waals surface area contributed by atoms with Crippen molar-refractivity contribution < 1.29 is 17.3 Å². The fraction of sp³-hybridized carbons (Fsp3) is 0.250. The lowest BCUT2D eigenvalue weighted by atomic mass is 9.77. The van der Waals surface area contributed by atoms with Gasteiger partial charge >= 0.3 is 0 Å². The van der Waals surface area contributed by atoms with Gasteiger partial charge in [0.25, 0.3) is 10.0 Å². The van der Waals surface area contributed by atoms with E-state index < -0.39 is 22.4 Å². The molecule has 1 aliphatic heterocycles. The van der Waals surface area contributed by atoms with E-state index in [1.165, 1.54) is 22.3 Å². The zero-order valence-corrected chi connectivity index (χ0v) is 24.8. The van der Waals surface area contributed by atoms with E-state index in [1.807, 2.05) is 0 Å². The van der Waals surface area contributed by atoms with Gasteiger partial charge < -0.3 is 10.6 Å². The number of aromatic nitrogens is 6. The number of fused-ring (bicyclic) bond motifs is 5. The van der Waals surface area contributed by atoms with E-state index in [4.69, 9.17) is 14.8 Å². The van der Waals surface area contributed by atoms with Crippen LogP contribution in [-0.2, 0) is 34.3 Å². The van der Waals surface area contributed by atoms with E-state index in [9.17, 15) is 13.2 Å². The van der Waals surface area contributed by atoms with Crippen molar-refractivity contribution in [3.05, 3.63) is 78.9 Å². The first-order valence-corrected chi connectivity index (χ1v) is 15.7. The van der Waals surface area contributed by atoms with Crippen LogP contribution in [0.1, 0.15) is 28.9 Å². The van der Waals surface area contributed by atoms with Crippen molar-refractivity contribution in [2.45, 2.75) is 35.6 Å². The van der Waals surface area contributed by atoms with Crippen molar-refractivity contribution in [1.82, 2.24) is 28.5 Å². The predicted octanol–water partition coefficient (Wildman–Crippen LogP) is 3.95. The lowest BCUT2D eigenvalue weighted by Crippen LogP contribution is -2.37. The molecule has 2 atom stereocenters. The van der Waals surface area contributed by atoms with E-state index in [0.29, 0.717) is 69.2 Å². The third-order valence-electron chi connectivity index (χ3n) is 9.14. The first-order chi connectivity index (χ1) is 22.3. The Bertz CT molecular complexity index is 2380. The summed E-state index contributed by atoms with van der Waals surface area (Å²) in [6.07, 6.45) is 7.93. The minimum Gasteiger partial charge on any atom is -0.328 e. The summed E-state index contributed by atoms with van der Waals surface area (Å²) < 4.78 is 57.1. The van der Waals surface area contributed by atoms with E-state index in [1.54, 1.807) is 78.7 Å². The molecule has 1 spiro atoms. The molecule has 0 saturated heterocycles. The van der Waals surface area contributed by atoms with Gasteiger partial charge in [-0.2, -0.15) is 10.2 Å². The number of hydrogen-bond donors (Lipinski definition) is 1. The summed E-state index contributed by atoms with van der Waals surface area (Å²) in [5.41, 5.74) is 9.33. The Kier molecular flexibility index (Phi) is 4.89. The van der Waals surface area contributed by atoms with Crippen LogP contribution in [0.4, 0.5) is 5.69 Å². The number of benzene rings is 2. The van der Waals surface area contributed by atoms with Crippen LogP contribution in [-0.4, -0.2) is 55.9 Å². The number of anilines is 1. The summed E-state index contributed by atoms with van der Waals surface area (Å²) >= 11 is 0. The van der Waals surface area contributed by atoms with Crippen LogP contribution >= 0.6 is 0 Å². The van der Waals surface area contributed by atoms with Crippen molar-refractivity contribution in [1.29, 1.82) is 0 Å². The molecule has 1 fully saturated rings. The number of hydrogen-bond acceptors (Lipinski definition) is 7. The van der Waals surface area contributed by atoms with E-state index in [0.717, 1.165) is 4.68 Å². The lowest BCUT2D eigenvalue weighted by molar-refractivity contribution is -0.122. The standard InChI is InChI=1S/C32H30N8O3S/c1-37-18-21(16-35-37)29-26(19-9-10-24-20(13-19)15-36-39(24)3)27-28-25(38(2)31(41)32(28)12-11-22(33)14-32)17-34-30(27)40(29)44(42,43)23-7-5-4-6-8-23/h4-10,13,15-18,22H,11-12,14,33H2,1-3H3/t22-,32-/m1/s1/i3D3. The van der Waals surface area contributed by atoms with Crippen LogP contribution in [0.25, 0.3) is 44.3 Å². The second-order valence-corrected chi connectivity index (χ2v) is 13.5. The minimum absolute atomic E-state index is 0.0658. The highest BCUT2D eigenvalue weighted by Crippen LogP contribution is 2.56. The van der Waals surface area contributed by atoms with Crippen LogP contribution in [0.2, 0.25) is 0 Å². The molecule has 4 aromatic heterocycles. The Morgan fingerprint density at radius 3 is 2.57 bits per heavy atom. The molecule has 6 aromatic rings. The van der Waals surface area contributed by atoms with Crippen LogP contribution in [0.5, 0.6) is 0 Å². The number of likely N-dealkylation sites (N-methyl/N-ethyl adjacent to an activating group) is 1. The van der Waals surface area contributed by atoms with Crippen molar-refractivity contribution >= 4 is 43.6 Å². The number of pyridine rings is 1. The smallest absolute Gasteiger partial charge is 0.269 e. The molecule has 11 nitrogen and oxygen atoms in total. The molecule has 2 N–H and O–H groups in total. The fourth-order valence-electron chi connectivity index (χ4n) is 7.20. The molecule has 12 heteroatoms. The SMILES string of the molecule is [2H]C([2H])([2H])n1ncc2cc(-c3c(-c4cnn(C)c4)n(S(=O)(=O)c4ccccc4)c4ncc5c(c34)[C@]3(CC[C@@H](N)C3)C(=O)N5C)ccc21. The summed E-state index contributed by atoms with van der Waals surface area (Å²) in [6.45, 7) is -2.49. The average Bonchev–Trinajstić information content (AvgIpc) is 3.85. The first-order valence-electron chi connectivity index (χ1n) is 15.7. The maximum Gasteiger partial charge on any atom is 0.269 e. The minimum atomic E-state index is -4.27. The van der Waals surface area contributed by atoms with Crippen LogP contribution in [0.3, 0.4) is 0 Å². The van der Waals surface area contributed by atoms with Crippen molar-refractivity contribution in [2.24, 2.45) is 19.8 Å².